The van der Waals surface area contributed by atoms with E-state index in [0.717, 1.165) is 11.8 Å². The Hall–Kier alpha value is -1.37. The molecule has 96 valence electrons. The summed E-state index contributed by atoms with van der Waals surface area (Å²) >= 11 is 0. The highest BCUT2D eigenvalue weighted by Crippen LogP contribution is 2.30. The normalized spacial score (nSPS) is 25.6. The zero-order valence-electron chi connectivity index (χ0n) is 11.5. The summed E-state index contributed by atoms with van der Waals surface area (Å²) in [6, 6.07) is 10.7. The van der Waals surface area contributed by atoms with Crippen LogP contribution in [0.15, 0.2) is 41.4 Å². The van der Waals surface area contributed by atoms with Crippen molar-refractivity contribution in [3.63, 3.8) is 0 Å². The van der Waals surface area contributed by atoms with E-state index in [9.17, 15) is 0 Å². The molecule has 0 saturated heterocycles. The van der Waals surface area contributed by atoms with Crippen molar-refractivity contribution in [3.05, 3.63) is 42.0 Å². The van der Waals surface area contributed by atoms with E-state index in [4.69, 9.17) is 0 Å². The van der Waals surface area contributed by atoms with Crippen LogP contribution in [0.5, 0.6) is 0 Å². The first kappa shape index (κ1) is 13.1. The maximum Gasteiger partial charge on any atom is 0.0273 e. The molecular formula is C17H23N. The van der Waals surface area contributed by atoms with Crippen LogP contribution in [0.4, 0.5) is 0 Å². The van der Waals surface area contributed by atoms with E-state index in [1.165, 1.54) is 36.8 Å². The summed E-state index contributed by atoms with van der Waals surface area (Å²) < 4.78 is 0. The SMILES string of the molecule is CN=CC1CCC(/C=C(/C)c2ccccc2)CC1. The molecule has 0 N–H and O–H groups in total. The van der Waals surface area contributed by atoms with Crippen LogP contribution in [0.3, 0.4) is 0 Å². The van der Waals surface area contributed by atoms with E-state index >= 15 is 0 Å². The zero-order chi connectivity index (χ0) is 12.8. The smallest absolute Gasteiger partial charge is 0.0273 e. The quantitative estimate of drug-likeness (QED) is 0.686. The fourth-order valence-electron chi connectivity index (χ4n) is 2.82. The second-order valence-corrected chi connectivity index (χ2v) is 5.30. The Morgan fingerprint density at radius 3 is 2.28 bits per heavy atom. The maximum atomic E-state index is 4.15. The number of rotatable bonds is 3. The molecule has 0 spiro atoms. The Kier molecular flexibility index (Phi) is 4.74. The fraction of sp³-hybridized carbons (Fsp3) is 0.471. The van der Waals surface area contributed by atoms with Gasteiger partial charge in [-0.1, -0.05) is 36.4 Å². The van der Waals surface area contributed by atoms with E-state index in [-0.39, 0.29) is 0 Å². The van der Waals surface area contributed by atoms with Crippen LogP contribution in [-0.2, 0) is 0 Å². The topological polar surface area (TPSA) is 12.4 Å². The van der Waals surface area contributed by atoms with Crippen molar-refractivity contribution in [3.8, 4) is 0 Å². The average molecular weight is 241 g/mol. The standard InChI is InChI=1S/C17H23N/c1-14(17-6-4-3-5-7-17)12-15-8-10-16(11-9-15)13-18-2/h3-7,12-13,15-16H,8-11H2,1-2H3/b14-12-,18-13?. The minimum atomic E-state index is 0.719. The number of benzene rings is 1. The van der Waals surface area contributed by atoms with Crippen LogP contribution in [0.2, 0.25) is 0 Å². The van der Waals surface area contributed by atoms with Crippen molar-refractivity contribution in [2.24, 2.45) is 16.8 Å². The van der Waals surface area contributed by atoms with Crippen LogP contribution in [-0.4, -0.2) is 13.3 Å². The molecule has 0 bridgehead atoms. The van der Waals surface area contributed by atoms with Gasteiger partial charge in [-0.3, -0.25) is 0 Å². The van der Waals surface area contributed by atoms with Crippen molar-refractivity contribution in [2.75, 3.05) is 7.05 Å². The first-order valence-corrected chi connectivity index (χ1v) is 6.95. The summed E-state index contributed by atoms with van der Waals surface area (Å²) in [6.45, 7) is 2.23. The van der Waals surface area contributed by atoms with Crippen molar-refractivity contribution in [1.82, 2.24) is 0 Å². The zero-order valence-corrected chi connectivity index (χ0v) is 11.5. The van der Waals surface area contributed by atoms with Crippen LogP contribution in [0.1, 0.15) is 38.2 Å². The van der Waals surface area contributed by atoms with Gasteiger partial charge in [0.2, 0.25) is 0 Å². The van der Waals surface area contributed by atoms with E-state index in [1.807, 2.05) is 7.05 Å². The van der Waals surface area contributed by atoms with Crippen molar-refractivity contribution in [2.45, 2.75) is 32.6 Å². The summed E-state index contributed by atoms with van der Waals surface area (Å²) in [5.41, 5.74) is 2.78. The van der Waals surface area contributed by atoms with Crippen LogP contribution >= 0.6 is 0 Å². The molecular weight excluding hydrogens is 218 g/mol. The molecule has 1 fully saturated rings. The van der Waals surface area contributed by atoms with E-state index in [0.29, 0.717) is 0 Å². The van der Waals surface area contributed by atoms with E-state index in [2.05, 4.69) is 54.5 Å². The largest absolute Gasteiger partial charge is 0.301 e. The molecule has 0 heterocycles. The Balaban J connectivity index is 1.94. The molecule has 1 aliphatic carbocycles. The molecule has 1 aromatic carbocycles. The summed E-state index contributed by atoms with van der Waals surface area (Å²) in [5, 5.41) is 0. The van der Waals surface area contributed by atoms with Gasteiger partial charge in [0.25, 0.3) is 0 Å². The van der Waals surface area contributed by atoms with Gasteiger partial charge in [-0.25, -0.2) is 0 Å². The molecule has 0 radical (unpaired) electrons. The Morgan fingerprint density at radius 2 is 1.67 bits per heavy atom. The second kappa shape index (κ2) is 6.53. The Labute approximate surface area is 111 Å². The summed E-state index contributed by atoms with van der Waals surface area (Å²) in [7, 11) is 1.88. The third-order valence-electron chi connectivity index (χ3n) is 3.89. The third-order valence-corrected chi connectivity index (χ3v) is 3.89. The van der Waals surface area contributed by atoms with Gasteiger partial charge in [-0.05, 0) is 55.6 Å². The average Bonchev–Trinajstić information content (AvgIpc) is 2.42. The first-order valence-electron chi connectivity index (χ1n) is 6.95. The number of nitrogens with zero attached hydrogens (tertiary/aromatic N) is 1. The number of aliphatic imine (C=N–C) groups is 1. The lowest BCUT2D eigenvalue weighted by Gasteiger charge is -2.24. The summed E-state index contributed by atoms with van der Waals surface area (Å²) in [6.07, 6.45) is 9.79. The number of hydrogen-bond acceptors (Lipinski definition) is 1. The molecule has 2 rings (SSSR count). The van der Waals surface area contributed by atoms with E-state index in [1.54, 1.807) is 0 Å². The minimum Gasteiger partial charge on any atom is -0.301 e. The molecule has 1 nitrogen and oxygen atoms in total. The predicted molar refractivity (Wildman–Crippen MR) is 80.0 cm³/mol. The second-order valence-electron chi connectivity index (χ2n) is 5.30. The first-order chi connectivity index (χ1) is 8.79. The number of allylic oxidation sites excluding steroid dienone is 2. The van der Waals surface area contributed by atoms with Crippen molar-refractivity contribution >= 4 is 11.8 Å². The molecule has 1 aliphatic rings. The van der Waals surface area contributed by atoms with Gasteiger partial charge in [-0.2, -0.15) is 0 Å². The van der Waals surface area contributed by atoms with Gasteiger partial charge in [0.15, 0.2) is 0 Å². The Bertz CT molecular complexity index is 408. The highest BCUT2D eigenvalue weighted by atomic mass is 14.6. The van der Waals surface area contributed by atoms with Gasteiger partial charge in [-0.15, -0.1) is 0 Å². The lowest BCUT2D eigenvalue weighted by Crippen LogP contribution is -2.14. The van der Waals surface area contributed by atoms with Crippen molar-refractivity contribution in [1.29, 1.82) is 0 Å². The van der Waals surface area contributed by atoms with Gasteiger partial charge in [0, 0.05) is 13.3 Å². The molecule has 0 amide bonds. The van der Waals surface area contributed by atoms with Gasteiger partial charge >= 0.3 is 0 Å². The van der Waals surface area contributed by atoms with Crippen LogP contribution < -0.4 is 0 Å². The predicted octanol–water partition coefficient (Wildman–Crippen LogP) is 4.60. The lowest BCUT2D eigenvalue weighted by atomic mass is 9.81. The highest BCUT2D eigenvalue weighted by molar-refractivity contribution is 5.64. The van der Waals surface area contributed by atoms with Gasteiger partial charge in [0.1, 0.15) is 0 Å². The monoisotopic (exact) mass is 241 g/mol. The van der Waals surface area contributed by atoms with Gasteiger partial charge < -0.3 is 4.99 Å². The Morgan fingerprint density at radius 1 is 1.06 bits per heavy atom. The molecule has 0 atom stereocenters. The molecule has 0 unspecified atom stereocenters. The van der Waals surface area contributed by atoms with Crippen LogP contribution in [0, 0.1) is 11.8 Å². The summed E-state index contributed by atoms with van der Waals surface area (Å²) in [4.78, 5) is 4.15. The number of hydrogen-bond donors (Lipinski definition) is 0. The minimum absolute atomic E-state index is 0.719. The van der Waals surface area contributed by atoms with Gasteiger partial charge in [0.05, 0.1) is 0 Å². The van der Waals surface area contributed by atoms with Crippen molar-refractivity contribution < 1.29 is 0 Å². The molecule has 1 saturated carbocycles. The molecule has 0 aromatic heterocycles. The molecule has 0 aliphatic heterocycles. The van der Waals surface area contributed by atoms with Crippen LogP contribution in [0.25, 0.3) is 5.57 Å². The summed E-state index contributed by atoms with van der Waals surface area (Å²) in [5.74, 6) is 1.48. The third kappa shape index (κ3) is 3.56. The molecule has 1 aromatic rings. The van der Waals surface area contributed by atoms with E-state index < -0.39 is 0 Å². The molecule has 1 heteroatoms. The molecule has 18 heavy (non-hydrogen) atoms. The fourth-order valence-corrected chi connectivity index (χ4v) is 2.82. The highest BCUT2D eigenvalue weighted by Gasteiger charge is 2.18. The maximum absolute atomic E-state index is 4.15. The lowest BCUT2D eigenvalue weighted by molar-refractivity contribution is 0.376.